The van der Waals surface area contributed by atoms with Crippen molar-refractivity contribution in [3.05, 3.63) is 0 Å². The third-order valence-corrected chi connectivity index (χ3v) is 10.3. The first kappa shape index (κ1) is 25.0. The molecule has 0 amide bonds. The Hall–Kier alpha value is -1.06. The van der Waals surface area contributed by atoms with Crippen LogP contribution in [0.1, 0.15) is 106 Å². The molecule has 0 aliphatic heterocycles. The molecule has 4 bridgehead atoms. The van der Waals surface area contributed by atoms with Crippen molar-refractivity contribution in [1.29, 1.82) is 0 Å². The predicted molar refractivity (Wildman–Crippen MR) is 130 cm³/mol. The van der Waals surface area contributed by atoms with Gasteiger partial charge in [-0.25, -0.2) is 0 Å². The average Bonchev–Trinajstić information content (AvgIpc) is 3.53. The molecule has 188 valence electrons. The van der Waals surface area contributed by atoms with Crippen LogP contribution in [0.5, 0.6) is 0 Å². The second-order valence-corrected chi connectivity index (χ2v) is 13.3. The maximum absolute atomic E-state index is 13.3. The monoisotopic (exact) mass is 460 g/mol. The fourth-order valence-electron chi connectivity index (χ4n) is 8.30. The number of esters is 2. The van der Waals surface area contributed by atoms with E-state index in [1.165, 1.54) is 38.5 Å². The highest BCUT2D eigenvalue weighted by Crippen LogP contribution is 2.58. The van der Waals surface area contributed by atoms with E-state index < -0.39 is 5.60 Å². The molecule has 0 heterocycles. The lowest BCUT2D eigenvalue weighted by atomic mass is 9.70. The van der Waals surface area contributed by atoms with Crippen molar-refractivity contribution in [2.75, 3.05) is 0 Å². The largest absolute Gasteiger partial charge is 0.459 e. The molecule has 0 aromatic carbocycles. The molecule has 0 spiro atoms. The van der Waals surface area contributed by atoms with Crippen LogP contribution in [0.25, 0.3) is 0 Å². The van der Waals surface area contributed by atoms with Gasteiger partial charge in [0, 0.05) is 11.8 Å². The van der Waals surface area contributed by atoms with E-state index in [4.69, 9.17) is 9.47 Å². The molecule has 4 nitrogen and oxygen atoms in total. The molecule has 0 saturated heterocycles. The molecular weight excluding hydrogens is 412 g/mol. The van der Waals surface area contributed by atoms with Crippen LogP contribution >= 0.6 is 0 Å². The molecular formula is C29H48O4. The Morgan fingerprint density at radius 2 is 1.55 bits per heavy atom. The van der Waals surface area contributed by atoms with Gasteiger partial charge in [0.15, 0.2) is 0 Å². The molecule has 0 radical (unpaired) electrons. The molecule has 4 saturated carbocycles. The van der Waals surface area contributed by atoms with E-state index >= 15 is 0 Å². The molecule has 4 rings (SSSR count). The summed E-state index contributed by atoms with van der Waals surface area (Å²) < 4.78 is 12.3. The Labute approximate surface area is 201 Å². The minimum Gasteiger partial charge on any atom is -0.459 e. The van der Waals surface area contributed by atoms with Crippen LogP contribution < -0.4 is 0 Å². The quantitative estimate of drug-likeness (QED) is 0.355. The van der Waals surface area contributed by atoms with Crippen molar-refractivity contribution in [3.8, 4) is 0 Å². The van der Waals surface area contributed by atoms with E-state index in [1.807, 2.05) is 13.8 Å². The fraction of sp³-hybridized carbons (Fsp3) is 0.931. The number of carbonyl (C=O) groups excluding carboxylic acids is 2. The van der Waals surface area contributed by atoms with Crippen LogP contribution in [0.2, 0.25) is 0 Å². The van der Waals surface area contributed by atoms with E-state index in [2.05, 4.69) is 34.6 Å². The third-order valence-electron chi connectivity index (χ3n) is 10.3. The van der Waals surface area contributed by atoms with Gasteiger partial charge in [-0.15, -0.1) is 0 Å². The minimum absolute atomic E-state index is 0.00643. The van der Waals surface area contributed by atoms with E-state index in [0.29, 0.717) is 29.6 Å². The number of ether oxygens (including phenoxy) is 2. The van der Waals surface area contributed by atoms with Crippen molar-refractivity contribution in [2.45, 2.75) is 117 Å². The van der Waals surface area contributed by atoms with Gasteiger partial charge in [-0.05, 0) is 102 Å². The lowest BCUT2D eigenvalue weighted by Crippen LogP contribution is -2.44. The molecule has 9 unspecified atom stereocenters. The first-order valence-corrected chi connectivity index (χ1v) is 13.9. The van der Waals surface area contributed by atoms with Crippen LogP contribution in [0, 0.1) is 53.3 Å². The Balaban J connectivity index is 1.35. The first-order chi connectivity index (χ1) is 15.4. The van der Waals surface area contributed by atoms with E-state index in [1.54, 1.807) is 0 Å². The second-order valence-electron chi connectivity index (χ2n) is 13.3. The van der Waals surface area contributed by atoms with Crippen LogP contribution in [0.3, 0.4) is 0 Å². The van der Waals surface area contributed by atoms with Crippen LogP contribution in [0.15, 0.2) is 0 Å². The van der Waals surface area contributed by atoms with Crippen molar-refractivity contribution < 1.29 is 19.1 Å². The number of fused-ring (bicyclic) bond motifs is 4. The zero-order valence-electron chi connectivity index (χ0n) is 22.2. The first-order valence-electron chi connectivity index (χ1n) is 13.9. The Kier molecular flexibility index (Phi) is 6.97. The van der Waals surface area contributed by atoms with Crippen LogP contribution in [-0.4, -0.2) is 23.1 Å². The molecule has 0 N–H and O–H groups in total. The smallest absolute Gasteiger partial charge is 0.309 e. The van der Waals surface area contributed by atoms with Gasteiger partial charge in [0.05, 0.1) is 11.8 Å². The van der Waals surface area contributed by atoms with Gasteiger partial charge in [-0.1, -0.05) is 34.1 Å². The summed E-state index contributed by atoms with van der Waals surface area (Å²) in [6, 6.07) is 0. The summed E-state index contributed by atoms with van der Waals surface area (Å²) in [5, 5.41) is 0. The van der Waals surface area contributed by atoms with Crippen molar-refractivity contribution >= 4 is 11.9 Å². The highest BCUT2D eigenvalue weighted by atomic mass is 16.6. The number of hydrogen-bond donors (Lipinski definition) is 0. The zero-order chi connectivity index (χ0) is 24.1. The van der Waals surface area contributed by atoms with Gasteiger partial charge >= 0.3 is 11.9 Å². The maximum atomic E-state index is 13.3. The minimum atomic E-state index is -0.439. The lowest BCUT2D eigenvalue weighted by molar-refractivity contribution is -0.172. The summed E-state index contributed by atoms with van der Waals surface area (Å²) in [6.07, 6.45) is 10.7. The van der Waals surface area contributed by atoms with E-state index in [0.717, 1.165) is 31.1 Å². The maximum Gasteiger partial charge on any atom is 0.309 e. The summed E-state index contributed by atoms with van der Waals surface area (Å²) in [5.74, 6) is 4.07. The molecule has 9 atom stereocenters. The highest BCUT2D eigenvalue weighted by molar-refractivity contribution is 5.72. The molecule has 4 aliphatic rings. The van der Waals surface area contributed by atoms with Crippen LogP contribution in [0.4, 0.5) is 0 Å². The molecule has 0 aromatic heterocycles. The lowest BCUT2D eigenvalue weighted by Gasteiger charge is -2.41. The third kappa shape index (κ3) is 4.87. The molecule has 4 fully saturated rings. The molecule has 4 heteroatoms. The van der Waals surface area contributed by atoms with Crippen molar-refractivity contribution in [3.63, 3.8) is 0 Å². The average molecular weight is 461 g/mol. The Bertz CT molecular complexity index is 742. The molecule has 33 heavy (non-hydrogen) atoms. The van der Waals surface area contributed by atoms with E-state index in [-0.39, 0.29) is 29.4 Å². The van der Waals surface area contributed by atoms with Gasteiger partial charge in [-0.2, -0.15) is 0 Å². The summed E-state index contributed by atoms with van der Waals surface area (Å²) in [7, 11) is 0. The fourth-order valence-corrected chi connectivity index (χ4v) is 8.30. The Morgan fingerprint density at radius 3 is 2.09 bits per heavy atom. The normalized spacial score (nSPS) is 37.9. The molecule has 0 aromatic rings. The van der Waals surface area contributed by atoms with Gasteiger partial charge in [0.25, 0.3) is 0 Å². The van der Waals surface area contributed by atoms with Crippen molar-refractivity contribution in [1.82, 2.24) is 0 Å². The zero-order valence-corrected chi connectivity index (χ0v) is 22.2. The number of rotatable bonds is 9. The summed E-state index contributed by atoms with van der Waals surface area (Å²) in [5.41, 5.74) is -0.749. The summed E-state index contributed by atoms with van der Waals surface area (Å²) in [6.45, 7) is 14.4. The van der Waals surface area contributed by atoms with Gasteiger partial charge in [0.1, 0.15) is 11.2 Å². The molecule has 4 aliphatic carbocycles. The number of carbonyl (C=O) groups is 2. The van der Waals surface area contributed by atoms with Gasteiger partial charge in [0.2, 0.25) is 0 Å². The standard InChI is InChI=1S/C29H48O4/c1-8-29(7,24-15-19-9-10-21(24)12-19)33-27(31)18(4)11-22-13-20-14-23(22)25(16-20)28(5,6)32-26(30)17(2)3/h17-25H,8-16H2,1-7H3. The van der Waals surface area contributed by atoms with Crippen molar-refractivity contribution in [2.24, 2.45) is 53.3 Å². The predicted octanol–water partition coefficient (Wildman–Crippen LogP) is 6.80. The van der Waals surface area contributed by atoms with Crippen LogP contribution in [-0.2, 0) is 19.1 Å². The summed E-state index contributed by atoms with van der Waals surface area (Å²) in [4.78, 5) is 25.6. The van der Waals surface area contributed by atoms with Gasteiger partial charge in [-0.3, -0.25) is 9.59 Å². The van der Waals surface area contributed by atoms with Gasteiger partial charge < -0.3 is 9.47 Å². The summed E-state index contributed by atoms with van der Waals surface area (Å²) >= 11 is 0. The van der Waals surface area contributed by atoms with E-state index in [9.17, 15) is 9.59 Å². The highest BCUT2D eigenvalue weighted by Gasteiger charge is 2.54. The Morgan fingerprint density at radius 1 is 0.848 bits per heavy atom. The SMILES string of the molecule is CCC(C)(OC(=O)C(C)CC1CC2CC1C(C(C)(C)OC(=O)C(C)C)C2)C1CC2CCC1C2. The second kappa shape index (κ2) is 9.19. The number of hydrogen-bond acceptors (Lipinski definition) is 4. The topological polar surface area (TPSA) is 52.6 Å².